The molecule has 1 aromatic heterocycles. The molecule has 122 valence electrons. The predicted octanol–water partition coefficient (Wildman–Crippen LogP) is 1.38. The fourth-order valence-electron chi connectivity index (χ4n) is 2.34. The Morgan fingerprint density at radius 1 is 1.35 bits per heavy atom. The Labute approximate surface area is 131 Å². The van der Waals surface area contributed by atoms with Crippen LogP contribution in [-0.2, 0) is 4.79 Å². The van der Waals surface area contributed by atoms with Crippen LogP contribution in [-0.4, -0.2) is 23.2 Å². The van der Waals surface area contributed by atoms with E-state index in [1.165, 1.54) is 25.3 Å². The Morgan fingerprint density at radius 2 is 2.04 bits per heavy atom. The van der Waals surface area contributed by atoms with E-state index in [-0.39, 0.29) is 23.7 Å². The number of phenolic OH excluding ortho intramolecular Hbond substituents is 1. The summed E-state index contributed by atoms with van der Waals surface area (Å²) in [6, 6.07) is 5.56. The van der Waals surface area contributed by atoms with Crippen LogP contribution >= 0.6 is 0 Å². The van der Waals surface area contributed by atoms with Crippen molar-refractivity contribution in [3.05, 3.63) is 51.6 Å². The summed E-state index contributed by atoms with van der Waals surface area (Å²) in [5.74, 6) is -1.64. The fraction of sp³-hybridized carbons (Fsp3) is 0.250. The lowest BCUT2D eigenvalue weighted by Gasteiger charge is -2.17. The molecule has 2 aromatic rings. The van der Waals surface area contributed by atoms with Crippen molar-refractivity contribution in [3.8, 4) is 17.2 Å². The monoisotopic (exact) mass is 319 g/mol. The van der Waals surface area contributed by atoms with Gasteiger partial charge in [-0.15, -0.1) is 0 Å². The number of nitrogens with two attached hydrogens (primary N) is 1. The molecule has 1 aromatic carbocycles. The van der Waals surface area contributed by atoms with Gasteiger partial charge in [0.25, 0.3) is 0 Å². The molecule has 0 saturated carbocycles. The van der Waals surface area contributed by atoms with Gasteiger partial charge in [0.2, 0.25) is 17.1 Å². The van der Waals surface area contributed by atoms with Gasteiger partial charge in [-0.25, -0.2) is 0 Å². The smallest absolute Gasteiger partial charge is 0.227 e. The van der Waals surface area contributed by atoms with Crippen molar-refractivity contribution in [2.45, 2.75) is 19.3 Å². The highest BCUT2D eigenvalue weighted by atomic mass is 16.5. The molecule has 0 spiro atoms. The summed E-state index contributed by atoms with van der Waals surface area (Å²) >= 11 is 0. The number of benzene rings is 1. The van der Waals surface area contributed by atoms with Gasteiger partial charge in [0, 0.05) is 12.5 Å². The topological polar surface area (TPSA) is 123 Å². The molecule has 0 aliphatic heterocycles. The summed E-state index contributed by atoms with van der Waals surface area (Å²) in [5, 5.41) is 19.7. The second kappa shape index (κ2) is 6.43. The van der Waals surface area contributed by atoms with Crippen molar-refractivity contribution in [1.29, 1.82) is 0 Å². The zero-order chi connectivity index (χ0) is 17.1. The van der Waals surface area contributed by atoms with Crippen molar-refractivity contribution in [1.82, 2.24) is 0 Å². The molecule has 0 aliphatic rings. The van der Waals surface area contributed by atoms with Gasteiger partial charge in [0.05, 0.1) is 13.0 Å². The molecule has 4 N–H and O–H groups in total. The van der Waals surface area contributed by atoms with Gasteiger partial charge in [0.15, 0.2) is 17.3 Å². The van der Waals surface area contributed by atoms with Crippen molar-refractivity contribution < 1.29 is 24.2 Å². The summed E-state index contributed by atoms with van der Waals surface area (Å²) in [5.41, 5.74) is 5.17. The number of aryl methyl sites for hydroxylation is 1. The van der Waals surface area contributed by atoms with Crippen LogP contribution in [0.25, 0.3) is 0 Å². The van der Waals surface area contributed by atoms with Crippen molar-refractivity contribution in [2.75, 3.05) is 7.11 Å². The van der Waals surface area contributed by atoms with E-state index in [1.807, 2.05) is 0 Å². The number of rotatable bonds is 5. The third-order valence-corrected chi connectivity index (χ3v) is 3.40. The summed E-state index contributed by atoms with van der Waals surface area (Å²) in [7, 11) is 1.38. The van der Waals surface area contributed by atoms with Crippen molar-refractivity contribution >= 4 is 5.91 Å². The maximum Gasteiger partial charge on any atom is 0.227 e. The number of ether oxygens (including phenoxy) is 1. The van der Waals surface area contributed by atoms with Crippen LogP contribution in [0, 0.1) is 6.92 Å². The summed E-state index contributed by atoms with van der Waals surface area (Å²) in [6.07, 6.45) is -0.187. The minimum atomic E-state index is -0.783. The van der Waals surface area contributed by atoms with E-state index in [0.717, 1.165) is 6.07 Å². The Hall–Kier alpha value is -2.96. The van der Waals surface area contributed by atoms with E-state index in [1.54, 1.807) is 6.92 Å². The molecule has 1 atom stereocenters. The number of carbonyl (C=O) groups is 1. The molecule has 0 bridgehead atoms. The van der Waals surface area contributed by atoms with E-state index in [2.05, 4.69) is 0 Å². The molecule has 1 amide bonds. The highest BCUT2D eigenvalue weighted by Gasteiger charge is 2.25. The number of methoxy groups -OCH3 is 1. The summed E-state index contributed by atoms with van der Waals surface area (Å²) in [4.78, 5) is 23.2. The first-order chi connectivity index (χ1) is 10.8. The summed E-state index contributed by atoms with van der Waals surface area (Å²) < 4.78 is 10.5. The number of primary amides is 1. The normalized spacial score (nSPS) is 11.9. The van der Waals surface area contributed by atoms with Crippen LogP contribution in [0.4, 0.5) is 0 Å². The summed E-state index contributed by atoms with van der Waals surface area (Å²) in [6.45, 7) is 1.56. The second-order valence-corrected chi connectivity index (χ2v) is 5.09. The molecule has 0 radical (unpaired) electrons. The number of phenols is 1. The number of hydrogen-bond donors (Lipinski definition) is 3. The van der Waals surface area contributed by atoms with Gasteiger partial charge in [-0.05, 0) is 24.6 Å². The average Bonchev–Trinajstić information content (AvgIpc) is 2.49. The Bertz CT molecular complexity index is 796. The predicted molar refractivity (Wildman–Crippen MR) is 81.7 cm³/mol. The molecule has 7 nitrogen and oxygen atoms in total. The molecular weight excluding hydrogens is 302 g/mol. The first kappa shape index (κ1) is 16.4. The lowest BCUT2D eigenvalue weighted by Crippen LogP contribution is -2.18. The van der Waals surface area contributed by atoms with Crippen LogP contribution in [0.3, 0.4) is 0 Å². The zero-order valence-electron chi connectivity index (χ0n) is 12.7. The van der Waals surface area contributed by atoms with Gasteiger partial charge in [-0.1, -0.05) is 6.07 Å². The lowest BCUT2D eigenvalue weighted by atomic mass is 9.91. The first-order valence-corrected chi connectivity index (χ1v) is 6.82. The van der Waals surface area contributed by atoms with Crippen LogP contribution in [0.15, 0.2) is 33.5 Å². The molecule has 2 rings (SSSR count). The first-order valence-electron chi connectivity index (χ1n) is 6.82. The number of aromatic hydroxyl groups is 2. The third kappa shape index (κ3) is 3.45. The molecule has 7 heteroatoms. The van der Waals surface area contributed by atoms with Crippen LogP contribution in [0.2, 0.25) is 0 Å². The van der Waals surface area contributed by atoms with Gasteiger partial charge < -0.3 is 25.1 Å². The molecule has 0 aliphatic carbocycles. The van der Waals surface area contributed by atoms with Crippen LogP contribution in [0.5, 0.6) is 17.2 Å². The lowest BCUT2D eigenvalue weighted by molar-refractivity contribution is -0.118. The largest absolute Gasteiger partial charge is 0.504 e. The van der Waals surface area contributed by atoms with E-state index >= 15 is 0 Å². The zero-order valence-corrected chi connectivity index (χ0v) is 12.7. The Morgan fingerprint density at radius 3 is 2.65 bits per heavy atom. The SMILES string of the molecule is COc1cc([C@H](CC(N)=O)c2oc(C)cc(=O)c2O)ccc1O. The number of hydrogen-bond acceptors (Lipinski definition) is 6. The van der Waals surface area contributed by atoms with Gasteiger partial charge in [-0.2, -0.15) is 0 Å². The van der Waals surface area contributed by atoms with Crippen molar-refractivity contribution in [3.63, 3.8) is 0 Å². The van der Waals surface area contributed by atoms with Gasteiger partial charge in [-0.3, -0.25) is 9.59 Å². The second-order valence-electron chi connectivity index (χ2n) is 5.09. The van der Waals surface area contributed by atoms with Gasteiger partial charge in [0.1, 0.15) is 5.76 Å². The molecule has 0 unspecified atom stereocenters. The Kier molecular flexibility index (Phi) is 4.59. The molecule has 1 heterocycles. The van der Waals surface area contributed by atoms with Crippen LogP contribution in [0.1, 0.15) is 29.4 Å². The highest BCUT2D eigenvalue weighted by molar-refractivity contribution is 5.75. The maximum absolute atomic E-state index is 11.8. The van der Waals surface area contributed by atoms with Crippen molar-refractivity contribution in [2.24, 2.45) is 5.73 Å². The molecule has 0 fully saturated rings. The van der Waals surface area contributed by atoms with Crippen LogP contribution < -0.4 is 15.9 Å². The number of carbonyl (C=O) groups excluding carboxylic acids is 1. The van der Waals surface area contributed by atoms with E-state index in [0.29, 0.717) is 11.3 Å². The molecule has 0 saturated heterocycles. The highest BCUT2D eigenvalue weighted by Crippen LogP contribution is 2.36. The van der Waals surface area contributed by atoms with E-state index in [4.69, 9.17) is 14.9 Å². The maximum atomic E-state index is 11.8. The number of amides is 1. The molecular formula is C16H17NO6. The molecule has 23 heavy (non-hydrogen) atoms. The quantitative estimate of drug-likeness (QED) is 0.765. The minimum absolute atomic E-state index is 0.0541. The third-order valence-electron chi connectivity index (χ3n) is 3.40. The van der Waals surface area contributed by atoms with E-state index in [9.17, 15) is 19.8 Å². The average molecular weight is 319 g/mol. The van der Waals surface area contributed by atoms with E-state index < -0.39 is 23.0 Å². The Balaban J connectivity index is 2.63. The standard InChI is InChI=1S/C16H17NO6/c1-8-5-12(19)15(21)16(23-8)10(7-14(17)20)9-3-4-11(18)13(6-9)22-2/h3-6,10,18,21H,7H2,1-2H3,(H2,17,20)/t10-/m0/s1. The van der Waals surface area contributed by atoms with Gasteiger partial charge >= 0.3 is 0 Å². The minimum Gasteiger partial charge on any atom is -0.504 e. The fourth-order valence-corrected chi connectivity index (χ4v) is 2.34.